The third-order valence-electron chi connectivity index (χ3n) is 1.65. The lowest BCUT2D eigenvalue weighted by Crippen LogP contribution is -1.98. The predicted molar refractivity (Wildman–Crippen MR) is 44.9 cm³/mol. The first-order valence-corrected chi connectivity index (χ1v) is 3.99. The van der Waals surface area contributed by atoms with Gasteiger partial charge in [0.25, 0.3) is 6.43 Å². The zero-order valence-electron chi connectivity index (χ0n) is 6.89. The summed E-state index contributed by atoms with van der Waals surface area (Å²) in [4.78, 5) is 3.61. The fourth-order valence-electron chi connectivity index (χ4n) is 1.05. The van der Waals surface area contributed by atoms with E-state index in [1.807, 2.05) is 0 Å². The van der Waals surface area contributed by atoms with Crippen molar-refractivity contribution in [2.45, 2.75) is 20.0 Å². The maximum absolute atomic E-state index is 12.3. The fourth-order valence-corrected chi connectivity index (χ4v) is 1.39. The first-order chi connectivity index (χ1) is 6.06. The number of aliphatic hydroxyl groups is 1. The number of hydrogen-bond donors (Lipinski definition) is 1. The van der Waals surface area contributed by atoms with Gasteiger partial charge in [-0.15, -0.1) is 0 Å². The van der Waals surface area contributed by atoms with E-state index >= 15 is 0 Å². The summed E-state index contributed by atoms with van der Waals surface area (Å²) in [5.74, 6) is 0. The summed E-state index contributed by atoms with van der Waals surface area (Å²) in [7, 11) is 0. The lowest BCUT2D eigenvalue weighted by atomic mass is 10.1. The van der Waals surface area contributed by atoms with Crippen LogP contribution in [0.5, 0.6) is 0 Å². The highest BCUT2D eigenvalue weighted by atomic mass is 35.5. The molecule has 13 heavy (non-hydrogen) atoms. The molecule has 0 aliphatic rings. The lowest BCUT2D eigenvalue weighted by Gasteiger charge is -2.07. The van der Waals surface area contributed by atoms with Crippen LogP contribution in [0.1, 0.15) is 23.2 Å². The molecule has 2 nitrogen and oxygen atoms in total. The molecule has 0 radical (unpaired) electrons. The average molecular weight is 208 g/mol. The minimum absolute atomic E-state index is 0.237. The molecule has 0 saturated heterocycles. The molecule has 0 bridgehead atoms. The third-order valence-corrected chi connectivity index (χ3v) is 1.94. The molecule has 1 aromatic rings. The van der Waals surface area contributed by atoms with E-state index in [2.05, 4.69) is 4.98 Å². The van der Waals surface area contributed by atoms with Crippen LogP contribution in [0.15, 0.2) is 6.07 Å². The fraction of sp³-hybridized carbons (Fsp3) is 0.375. The summed E-state index contributed by atoms with van der Waals surface area (Å²) < 4.78 is 24.7. The minimum atomic E-state index is -2.63. The smallest absolute Gasteiger partial charge is 0.267 e. The van der Waals surface area contributed by atoms with Gasteiger partial charge in [0.15, 0.2) is 0 Å². The van der Waals surface area contributed by atoms with Crippen molar-refractivity contribution in [3.8, 4) is 0 Å². The van der Waals surface area contributed by atoms with Crippen LogP contribution in [0.2, 0.25) is 5.15 Å². The number of halogens is 3. The van der Waals surface area contributed by atoms with Gasteiger partial charge in [-0.3, -0.25) is 0 Å². The van der Waals surface area contributed by atoms with E-state index in [1.165, 1.54) is 13.0 Å². The average Bonchev–Trinajstić information content (AvgIpc) is 2.02. The summed E-state index contributed by atoms with van der Waals surface area (Å²) in [6.45, 7) is 1.21. The Hall–Kier alpha value is -0.740. The predicted octanol–water partition coefficient (Wildman–Crippen LogP) is 2.47. The molecular formula is C8H8ClF2NO. The molecule has 0 fully saturated rings. The van der Waals surface area contributed by atoms with Crippen LogP contribution >= 0.6 is 11.6 Å². The monoisotopic (exact) mass is 207 g/mol. The highest BCUT2D eigenvalue weighted by molar-refractivity contribution is 6.30. The van der Waals surface area contributed by atoms with Crippen molar-refractivity contribution in [3.05, 3.63) is 28.0 Å². The Kier molecular flexibility index (Phi) is 3.17. The molecule has 0 spiro atoms. The maximum Gasteiger partial charge on any atom is 0.267 e. The van der Waals surface area contributed by atoms with Crippen LogP contribution < -0.4 is 0 Å². The van der Waals surface area contributed by atoms with Gasteiger partial charge >= 0.3 is 0 Å². The normalized spacial score (nSPS) is 10.9. The standard InChI is InChI=1S/C8H8ClF2NO/c1-4-2-5(3-13)12-7(9)6(4)8(10)11/h2,8,13H,3H2,1H3. The summed E-state index contributed by atoms with van der Waals surface area (Å²) in [6, 6.07) is 1.40. The SMILES string of the molecule is Cc1cc(CO)nc(Cl)c1C(F)F. The second kappa shape index (κ2) is 3.98. The summed E-state index contributed by atoms with van der Waals surface area (Å²) >= 11 is 5.51. The van der Waals surface area contributed by atoms with Gasteiger partial charge in [0.05, 0.1) is 17.9 Å². The van der Waals surface area contributed by atoms with Gasteiger partial charge in [-0.05, 0) is 18.6 Å². The molecule has 1 N–H and O–H groups in total. The molecule has 5 heteroatoms. The number of alkyl halides is 2. The van der Waals surface area contributed by atoms with Crippen molar-refractivity contribution in [2.24, 2.45) is 0 Å². The third kappa shape index (κ3) is 2.14. The molecule has 0 aromatic carbocycles. The Morgan fingerprint density at radius 1 is 1.62 bits per heavy atom. The molecule has 1 heterocycles. The molecule has 0 aliphatic heterocycles. The van der Waals surface area contributed by atoms with Gasteiger partial charge in [-0.25, -0.2) is 13.8 Å². The molecule has 72 valence electrons. The largest absolute Gasteiger partial charge is 0.390 e. The molecule has 0 saturated carbocycles. The van der Waals surface area contributed by atoms with E-state index in [0.29, 0.717) is 11.3 Å². The lowest BCUT2D eigenvalue weighted by molar-refractivity contribution is 0.150. The Bertz CT molecular complexity index is 294. The van der Waals surface area contributed by atoms with Gasteiger partial charge in [0, 0.05) is 0 Å². The van der Waals surface area contributed by atoms with Gasteiger partial charge < -0.3 is 5.11 Å². The highest BCUT2D eigenvalue weighted by Gasteiger charge is 2.16. The van der Waals surface area contributed by atoms with Gasteiger partial charge in [-0.1, -0.05) is 11.6 Å². The van der Waals surface area contributed by atoms with E-state index in [0.717, 1.165) is 0 Å². The van der Waals surface area contributed by atoms with Crippen molar-refractivity contribution >= 4 is 11.6 Å². The molecule has 1 aromatic heterocycles. The second-order valence-corrected chi connectivity index (χ2v) is 2.95. The van der Waals surface area contributed by atoms with Gasteiger partial charge in [-0.2, -0.15) is 0 Å². The van der Waals surface area contributed by atoms with E-state index in [1.54, 1.807) is 0 Å². The Labute approximate surface area is 79.2 Å². The van der Waals surface area contributed by atoms with Gasteiger partial charge in [0.2, 0.25) is 0 Å². The quantitative estimate of drug-likeness (QED) is 0.756. The van der Waals surface area contributed by atoms with Crippen molar-refractivity contribution in [3.63, 3.8) is 0 Å². The van der Waals surface area contributed by atoms with Crippen LogP contribution in [-0.2, 0) is 6.61 Å². The molecule has 0 amide bonds. The van der Waals surface area contributed by atoms with Crippen molar-refractivity contribution in [1.29, 1.82) is 0 Å². The number of aryl methyl sites for hydroxylation is 1. The molecule has 0 aliphatic carbocycles. The zero-order valence-corrected chi connectivity index (χ0v) is 7.65. The number of hydrogen-bond acceptors (Lipinski definition) is 2. The number of nitrogens with zero attached hydrogens (tertiary/aromatic N) is 1. The van der Waals surface area contributed by atoms with Crippen molar-refractivity contribution < 1.29 is 13.9 Å². The minimum Gasteiger partial charge on any atom is -0.390 e. The van der Waals surface area contributed by atoms with Crippen LogP contribution in [0.4, 0.5) is 8.78 Å². The topological polar surface area (TPSA) is 33.1 Å². The Balaban J connectivity index is 3.23. The number of aromatic nitrogens is 1. The van der Waals surface area contributed by atoms with E-state index in [9.17, 15) is 8.78 Å². The zero-order chi connectivity index (χ0) is 10.0. The number of aliphatic hydroxyl groups excluding tert-OH is 1. The maximum atomic E-state index is 12.3. The Morgan fingerprint density at radius 3 is 2.62 bits per heavy atom. The highest BCUT2D eigenvalue weighted by Crippen LogP contribution is 2.28. The Morgan fingerprint density at radius 2 is 2.23 bits per heavy atom. The van der Waals surface area contributed by atoms with Crippen molar-refractivity contribution in [1.82, 2.24) is 4.98 Å². The molecular weight excluding hydrogens is 200 g/mol. The second-order valence-electron chi connectivity index (χ2n) is 2.59. The summed E-state index contributed by atoms with van der Waals surface area (Å²) in [6.07, 6.45) is -2.63. The van der Waals surface area contributed by atoms with Crippen LogP contribution in [0.3, 0.4) is 0 Å². The summed E-state index contributed by atoms with van der Waals surface area (Å²) in [5, 5.41) is 8.47. The molecule has 1 rings (SSSR count). The van der Waals surface area contributed by atoms with Crippen LogP contribution in [0, 0.1) is 6.92 Å². The molecule has 0 unspecified atom stereocenters. The number of rotatable bonds is 2. The summed E-state index contributed by atoms with van der Waals surface area (Å²) in [5.41, 5.74) is 0.379. The van der Waals surface area contributed by atoms with E-state index in [4.69, 9.17) is 16.7 Å². The number of pyridine rings is 1. The van der Waals surface area contributed by atoms with Crippen LogP contribution in [0.25, 0.3) is 0 Å². The molecule has 0 atom stereocenters. The van der Waals surface area contributed by atoms with E-state index in [-0.39, 0.29) is 17.3 Å². The van der Waals surface area contributed by atoms with Crippen LogP contribution in [-0.4, -0.2) is 10.1 Å². The van der Waals surface area contributed by atoms with E-state index < -0.39 is 6.43 Å². The van der Waals surface area contributed by atoms with Gasteiger partial charge in [0.1, 0.15) is 5.15 Å². The first-order valence-electron chi connectivity index (χ1n) is 3.61. The first kappa shape index (κ1) is 10.3. The van der Waals surface area contributed by atoms with Crippen molar-refractivity contribution in [2.75, 3.05) is 0 Å².